The highest BCUT2D eigenvalue weighted by atomic mass is 19.1. The van der Waals surface area contributed by atoms with E-state index in [1.807, 2.05) is 0 Å². The van der Waals surface area contributed by atoms with Gasteiger partial charge in [-0.3, -0.25) is 0 Å². The predicted octanol–water partition coefficient (Wildman–Crippen LogP) is 7.07. The van der Waals surface area contributed by atoms with Crippen LogP contribution >= 0.6 is 0 Å². The summed E-state index contributed by atoms with van der Waals surface area (Å²) in [6.07, 6.45) is 13.1. The topological polar surface area (TPSA) is 77.6 Å². The normalized spacial score (nSPS) is 12.1. The molecule has 7 heteroatoms. The van der Waals surface area contributed by atoms with Gasteiger partial charge in [-0.2, -0.15) is 0 Å². The van der Waals surface area contributed by atoms with E-state index in [1.54, 1.807) is 13.8 Å². The number of rotatable bonds is 16. The van der Waals surface area contributed by atoms with Gasteiger partial charge in [0.25, 0.3) is 0 Å². The number of carbonyl (C=O) groups excluding carboxylic acids is 2. The third kappa shape index (κ3) is 11.8. The van der Waals surface area contributed by atoms with Gasteiger partial charge in [-0.05, 0) is 26.7 Å². The summed E-state index contributed by atoms with van der Waals surface area (Å²) in [6, 6.07) is 0. The van der Waals surface area contributed by atoms with Gasteiger partial charge in [-0.25, -0.2) is 14.0 Å². The van der Waals surface area contributed by atoms with Gasteiger partial charge < -0.3 is 19.2 Å². The Bertz CT molecular complexity index is 644. The van der Waals surface area contributed by atoms with Gasteiger partial charge in [0, 0.05) is 18.7 Å². The quantitative estimate of drug-likeness (QED) is 0.169. The van der Waals surface area contributed by atoms with Gasteiger partial charge in [0.2, 0.25) is 6.29 Å². The van der Waals surface area contributed by atoms with E-state index >= 15 is 0 Å². The highest BCUT2D eigenvalue weighted by molar-refractivity contribution is 5.88. The maximum atomic E-state index is 14.5. The zero-order valence-electron chi connectivity index (χ0n) is 19.6. The Morgan fingerprint density at radius 2 is 1.42 bits per heavy atom. The van der Waals surface area contributed by atoms with Crippen molar-refractivity contribution in [2.75, 3.05) is 0 Å². The van der Waals surface area contributed by atoms with E-state index in [0.717, 1.165) is 19.3 Å². The second-order valence-corrected chi connectivity index (χ2v) is 8.30. The average Bonchev–Trinajstić information content (AvgIpc) is 3.05. The summed E-state index contributed by atoms with van der Waals surface area (Å²) in [4.78, 5) is 26.2. The highest BCUT2D eigenvalue weighted by Crippen LogP contribution is 2.18. The molecule has 1 heterocycles. The Morgan fingerprint density at radius 1 is 0.871 bits per heavy atom. The van der Waals surface area contributed by atoms with Crippen molar-refractivity contribution in [3.05, 3.63) is 23.3 Å². The SMILES string of the molecule is CCCCCCCCCCCCCc1c[nH]c(C(=O)OC(C)OC(=O)OC(C)C)c1F. The van der Waals surface area contributed by atoms with Crippen LogP contribution in [0.3, 0.4) is 0 Å². The summed E-state index contributed by atoms with van der Waals surface area (Å²) in [7, 11) is 0. The van der Waals surface area contributed by atoms with E-state index in [-0.39, 0.29) is 11.8 Å². The molecule has 0 aliphatic carbocycles. The van der Waals surface area contributed by atoms with Crippen LogP contribution in [0.15, 0.2) is 6.20 Å². The number of unbranched alkanes of at least 4 members (excludes halogenated alkanes) is 10. The molecule has 1 rings (SSSR count). The maximum absolute atomic E-state index is 14.5. The Labute approximate surface area is 186 Å². The van der Waals surface area contributed by atoms with Crippen molar-refractivity contribution in [3.8, 4) is 0 Å². The Morgan fingerprint density at radius 3 is 1.97 bits per heavy atom. The Kier molecular flexibility index (Phi) is 13.7. The number of hydrogen-bond donors (Lipinski definition) is 1. The van der Waals surface area contributed by atoms with Crippen molar-refractivity contribution in [2.45, 2.75) is 117 Å². The van der Waals surface area contributed by atoms with Crippen LogP contribution in [-0.2, 0) is 20.6 Å². The van der Waals surface area contributed by atoms with Crippen LogP contribution in [0, 0.1) is 5.82 Å². The first-order valence-corrected chi connectivity index (χ1v) is 11.8. The summed E-state index contributed by atoms with van der Waals surface area (Å²) < 4.78 is 29.1. The highest BCUT2D eigenvalue weighted by Gasteiger charge is 2.22. The van der Waals surface area contributed by atoms with Crippen molar-refractivity contribution >= 4 is 12.1 Å². The number of H-pyrrole nitrogens is 1. The molecule has 0 aromatic carbocycles. The second-order valence-electron chi connectivity index (χ2n) is 8.30. The van der Waals surface area contributed by atoms with E-state index in [9.17, 15) is 14.0 Å². The number of nitrogens with one attached hydrogen (secondary N) is 1. The molecular formula is C24H40FNO5. The fourth-order valence-corrected chi connectivity index (χ4v) is 3.35. The van der Waals surface area contributed by atoms with Crippen molar-refractivity contribution in [1.29, 1.82) is 0 Å². The first-order chi connectivity index (χ1) is 14.8. The zero-order valence-corrected chi connectivity index (χ0v) is 19.6. The molecule has 1 unspecified atom stereocenters. The number of aromatic nitrogens is 1. The van der Waals surface area contributed by atoms with Crippen LogP contribution in [-0.4, -0.2) is 29.5 Å². The molecule has 178 valence electrons. The summed E-state index contributed by atoms with van der Waals surface area (Å²) >= 11 is 0. The van der Waals surface area contributed by atoms with Crippen molar-refractivity contribution in [2.24, 2.45) is 0 Å². The molecule has 31 heavy (non-hydrogen) atoms. The van der Waals surface area contributed by atoms with Gasteiger partial charge in [-0.15, -0.1) is 0 Å². The van der Waals surface area contributed by atoms with Gasteiger partial charge in [0.15, 0.2) is 11.5 Å². The number of aryl methyl sites for hydroxylation is 1. The fourth-order valence-electron chi connectivity index (χ4n) is 3.35. The van der Waals surface area contributed by atoms with Crippen molar-refractivity contribution in [3.63, 3.8) is 0 Å². The lowest BCUT2D eigenvalue weighted by Gasteiger charge is -2.14. The van der Waals surface area contributed by atoms with Crippen LogP contribution in [0.25, 0.3) is 0 Å². The third-order valence-corrected chi connectivity index (χ3v) is 5.01. The van der Waals surface area contributed by atoms with Gasteiger partial charge in [0.1, 0.15) is 0 Å². The molecule has 1 aromatic heterocycles. The first kappa shape index (κ1) is 27.0. The van der Waals surface area contributed by atoms with Crippen LogP contribution in [0.2, 0.25) is 0 Å². The largest absolute Gasteiger partial charge is 0.511 e. The van der Waals surface area contributed by atoms with Crippen molar-refractivity contribution < 1.29 is 28.2 Å². The number of ether oxygens (including phenoxy) is 3. The Hall–Kier alpha value is -2.05. The second kappa shape index (κ2) is 15.7. The van der Waals surface area contributed by atoms with Gasteiger partial charge in [0.05, 0.1) is 6.10 Å². The lowest BCUT2D eigenvalue weighted by atomic mass is 10.0. The molecule has 1 atom stereocenters. The van der Waals surface area contributed by atoms with Crippen LogP contribution in [0.4, 0.5) is 9.18 Å². The minimum Gasteiger partial charge on any atom is -0.431 e. The lowest BCUT2D eigenvalue weighted by Crippen LogP contribution is -2.24. The molecule has 0 aliphatic rings. The first-order valence-electron chi connectivity index (χ1n) is 11.8. The molecule has 0 fully saturated rings. The molecule has 0 radical (unpaired) electrons. The standard InChI is InChI=1S/C24H40FNO5/c1-5-6-7-8-9-10-11-12-13-14-15-16-20-17-26-22(21(20)25)23(27)30-19(4)31-24(28)29-18(2)3/h17-19,26H,5-16H2,1-4H3. The summed E-state index contributed by atoms with van der Waals surface area (Å²) in [6.45, 7) is 6.94. The minimum atomic E-state index is -1.18. The molecule has 0 aliphatic heterocycles. The molecule has 0 bridgehead atoms. The molecule has 0 amide bonds. The Balaban J connectivity index is 2.24. The molecule has 6 nitrogen and oxygen atoms in total. The van der Waals surface area contributed by atoms with E-state index < -0.39 is 24.2 Å². The molecule has 1 N–H and O–H groups in total. The summed E-state index contributed by atoms with van der Waals surface area (Å²) in [5, 5.41) is 0. The minimum absolute atomic E-state index is 0.259. The molecule has 1 aromatic rings. The average molecular weight is 442 g/mol. The smallest absolute Gasteiger partial charge is 0.431 e. The van der Waals surface area contributed by atoms with E-state index in [0.29, 0.717) is 12.0 Å². The van der Waals surface area contributed by atoms with E-state index in [4.69, 9.17) is 14.2 Å². The molecule has 0 spiro atoms. The van der Waals surface area contributed by atoms with Crippen LogP contribution in [0.5, 0.6) is 0 Å². The molecular weight excluding hydrogens is 401 g/mol. The maximum Gasteiger partial charge on any atom is 0.511 e. The number of carbonyl (C=O) groups is 2. The number of halogens is 1. The number of aromatic amines is 1. The third-order valence-electron chi connectivity index (χ3n) is 5.01. The van der Waals surface area contributed by atoms with Gasteiger partial charge in [-0.1, -0.05) is 71.1 Å². The van der Waals surface area contributed by atoms with Crippen molar-refractivity contribution in [1.82, 2.24) is 4.98 Å². The molecule has 0 saturated heterocycles. The summed E-state index contributed by atoms with van der Waals surface area (Å²) in [5.41, 5.74) is 0.210. The zero-order chi connectivity index (χ0) is 23.1. The monoisotopic (exact) mass is 441 g/mol. The lowest BCUT2D eigenvalue weighted by molar-refractivity contribution is -0.0870. The summed E-state index contributed by atoms with van der Waals surface area (Å²) in [5.74, 6) is -1.51. The number of hydrogen-bond acceptors (Lipinski definition) is 5. The van der Waals surface area contributed by atoms with Crippen LogP contribution < -0.4 is 0 Å². The number of esters is 1. The van der Waals surface area contributed by atoms with E-state index in [1.165, 1.54) is 64.5 Å². The van der Waals surface area contributed by atoms with E-state index in [2.05, 4.69) is 11.9 Å². The van der Waals surface area contributed by atoms with Gasteiger partial charge >= 0.3 is 12.1 Å². The molecule has 0 saturated carbocycles. The predicted molar refractivity (Wildman–Crippen MR) is 118 cm³/mol. The van der Waals surface area contributed by atoms with Crippen LogP contribution in [0.1, 0.15) is 114 Å². The fraction of sp³-hybridized carbons (Fsp3) is 0.750.